The van der Waals surface area contributed by atoms with E-state index in [9.17, 15) is 19.2 Å². The van der Waals surface area contributed by atoms with Gasteiger partial charge in [-0.1, -0.05) is 25.5 Å². The Balaban J connectivity index is 1.97. The minimum absolute atomic E-state index is 0.110. The van der Waals surface area contributed by atoms with Crippen LogP contribution in [0.3, 0.4) is 0 Å². The topological polar surface area (TPSA) is 102 Å². The molecule has 4 rings (SSSR count). The number of rotatable bonds is 8. The van der Waals surface area contributed by atoms with Crippen LogP contribution in [-0.4, -0.2) is 30.8 Å². The zero-order valence-corrected chi connectivity index (χ0v) is 19.1. The summed E-state index contributed by atoms with van der Waals surface area (Å²) in [6.45, 7) is 6.15. The van der Waals surface area contributed by atoms with Crippen LogP contribution in [0, 0.1) is 6.92 Å². The lowest BCUT2D eigenvalue weighted by Gasteiger charge is -2.17. The third-order valence-electron chi connectivity index (χ3n) is 5.77. The van der Waals surface area contributed by atoms with Gasteiger partial charge in [0.15, 0.2) is 5.75 Å². The molecule has 1 heterocycles. The number of anilines is 1. The maximum atomic E-state index is 13.3. The molecule has 0 spiro atoms. The average Bonchev–Trinajstić information content (AvgIpc) is 3.17. The number of ether oxygens (including phenoxy) is 1. The van der Waals surface area contributed by atoms with Crippen molar-refractivity contribution in [3.8, 4) is 16.9 Å². The molecular formula is C26H24N2O6. The number of fused-ring (bicyclic) bond motifs is 2. The van der Waals surface area contributed by atoms with E-state index in [1.807, 2.05) is 13.8 Å². The molecule has 0 unspecified atom stereocenters. The Morgan fingerprint density at radius 2 is 1.71 bits per heavy atom. The van der Waals surface area contributed by atoms with Gasteiger partial charge in [0.25, 0.3) is 24.2 Å². The minimum Gasteiger partial charge on any atom is -0.426 e. The third-order valence-corrected chi connectivity index (χ3v) is 5.77. The van der Waals surface area contributed by atoms with Gasteiger partial charge in [0, 0.05) is 11.1 Å². The summed E-state index contributed by atoms with van der Waals surface area (Å²) in [5.74, 6) is -1.25. The predicted octanol–water partition coefficient (Wildman–Crippen LogP) is 4.07. The van der Waals surface area contributed by atoms with Crippen molar-refractivity contribution < 1.29 is 28.8 Å². The molecule has 1 aromatic rings. The molecular weight excluding hydrogens is 436 g/mol. The van der Waals surface area contributed by atoms with Crippen LogP contribution >= 0.6 is 0 Å². The van der Waals surface area contributed by atoms with Gasteiger partial charge in [-0.05, 0) is 67.3 Å². The van der Waals surface area contributed by atoms with E-state index in [1.165, 1.54) is 0 Å². The summed E-state index contributed by atoms with van der Waals surface area (Å²) >= 11 is 0. The molecule has 2 aliphatic carbocycles. The van der Waals surface area contributed by atoms with Crippen LogP contribution in [-0.2, 0) is 16.1 Å². The summed E-state index contributed by atoms with van der Waals surface area (Å²) in [6, 6.07) is 11.5. The molecule has 0 atom stereocenters. The number of nitrogens with one attached hydrogen (secondary N) is 1. The van der Waals surface area contributed by atoms with E-state index >= 15 is 0 Å². The quantitative estimate of drug-likeness (QED) is 0.309. The van der Waals surface area contributed by atoms with Gasteiger partial charge in [0.1, 0.15) is 0 Å². The van der Waals surface area contributed by atoms with Gasteiger partial charge in [-0.2, -0.15) is 0 Å². The van der Waals surface area contributed by atoms with E-state index in [0.717, 1.165) is 16.0 Å². The second-order valence-corrected chi connectivity index (χ2v) is 7.88. The van der Waals surface area contributed by atoms with Crippen molar-refractivity contribution in [1.29, 1.82) is 0 Å². The number of imide groups is 1. The summed E-state index contributed by atoms with van der Waals surface area (Å²) in [4.78, 5) is 56.7. The Hall–Kier alpha value is -4.04. The highest BCUT2D eigenvalue weighted by molar-refractivity contribution is 6.35. The first-order valence-corrected chi connectivity index (χ1v) is 11.0. The summed E-state index contributed by atoms with van der Waals surface area (Å²) in [6.07, 6.45) is 1.23. The molecule has 34 heavy (non-hydrogen) atoms. The zero-order chi connectivity index (χ0) is 24.4. The SMILES string of the molecule is CCCc1c2c(C)cc(C(=O)NOCC)ccc-2c(OC=O)c1N1C(=O)c2ccccc2C1=O. The van der Waals surface area contributed by atoms with Crippen molar-refractivity contribution in [2.24, 2.45) is 0 Å². The highest BCUT2D eigenvalue weighted by atomic mass is 16.6. The summed E-state index contributed by atoms with van der Waals surface area (Å²) < 4.78 is 5.40. The van der Waals surface area contributed by atoms with Gasteiger partial charge in [-0.15, -0.1) is 0 Å². The molecule has 8 heteroatoms. The second kappa shape index (κ2) is 9.44. The van der Waals surface area contributed by atoms with Crippen LogP contribution in [0.1, 0.15) is 62.5 Å². The van der Waals surface area contributed by atoms with Crippen molar-refractivity contribution in [3.05, 3.63) is 70.3 Å². The number of amides is 3. The van der Waals surface area contributed by atoms with Crippen molar-refractivity contribution in [1.82, 2.24) is 5.48 Å². The number of aryl methyl sites for hydroxylation is 1. The van der Waals surface area contributed by atoms with Gasteiger partial charge in [0.05, 0.1) is 23.4 Å². The van der Waals surface area contributed by atoms with Crippen LogP contribution in [0.4, 0.5) is 5.69 Å². The Labute approximate surface area is 196 Å². The van der Waals surface area contributed by atoms with E-state index in [2.05, 4.69) is 5.48 Å². The molecule has 3 amide bonds. The number of benzene rings is 1. The van der Waals surface area contributed by atoms with E-state index in [1.54, 1.807) is 49.4 Å². The molecule has 1 N–H and O–H groups in total. The summed E-state index contributed by atoms with van der Waals surface area (Å²) in [5.41, 5.74) is 6.26. The first kappa shape index (κ1) is 23.1. The lowest BCUT2D eigenvalue weighted by Crippen LogP contribution is -2.30. The fraction of sp³-hybridized carbons (Fsp3) is 0.231. The van der Waals surface area contributed by atoms with Crippen LogP contribution in [0.2, 0.25) is 0 Å². The lowest BCUT2D eigenvalue weighted by molar-refractivity contribution is -0.120. The Bertz CT molecular complexity index is 1250. The van der Waals surface area contributed by atoms with Crippen molar-refractivity contribution in [3.63, 3.8) is 0 Å². The van der Waals surface area contributed by atoms with E-state index in [-0.39, 0.29) is 17.9 Å². The van der Waals surface area contributed by atoms with E-state index in [4.69, 9.17) is 9.57 Å². The fourth-order valence-corrected chi connectivity index (χ4v) is 4.42. The number of carbonyl (C=O) groups is 4. The van der Waals surface area contributed by atoms with Crippen molar-refractivity contribution in [2.45, 2.75) is 33.6 Å². The van der Waals surface area contributed by atoms with E-state index in [0.29, 0.717) is 47.3 Å². The van der Waals surface area contributed by atoms with Crippen LogP contribution in [0.15, 0.2) is 42.5 Å². The highest BCUT2D eigenvalue weighted by Crippen LogP contribution is 2.51. The largest absolute Gasteiger partial charge is 0.426 e. The molecule has 174 valence electrons. The fourth-order valence-electron chi connectivity index (χ4n) is 4.42. The standard InChI is InChI=1S/C26H24N2O6/c1-4-8-19-21-15(3)13-16(24(30)27-34-5-2)11-12-20(21)23(33-14-29)22(19)28-25(31)17-9-6-7-10-18(17)26(28)32/h6-7,9-14H,4-5,8H2,1-3H3,(H,27,30). The smallest absolute Gasteiger partial charge is 0.298 e. The normalized spacial score (nSPS) is 12.7. The molecule has 8 nitrogen and oxygen atoms in total. The molecule has 0 radical (unpaired) electrons. The maximum Gasteiger partial charge on any atom is 0.298 e. The van der Waals surface area contributed by atoms with Gasteiger partial charge in [-0.25, -0.2) is 10.4 Å². The molecule has 0 saturated carbocycles. The summed E-state index contributed by atoms with van der Waals surface area (Å²) in [7, 11) is 0. The van der Waals surface area contributed by atoms with Gasteiger partial charge in [-0.3, -0.25) is 24.0 Å². The average molecular weight is 460 g/mol. The molecule has 0 bridgehead atoms. The Morgan fingerprint density at radius 3 is 2.29 bits per heavy atom. The number of hydroxylamine groups is 1. The number of hydrogen-bond acceptors (Lipinski definition) is 6. The van der Waals surface area contributed by atoms with Crippen LogP contribution < -0.4 is 15.1 Å². The van der Waals surface area contributed by atoms with Gasteiger partial charge >= 0.3 is 0 Å². The monoisotopic (exact) mass is 460 g/mol. The molecule has 0 saturated heterocycles. The summed E-state index contributed by atoms with van der Waals surface area (Å²) in [5, 5.41) is 0. The number of hydrogen-bond donors (Lipinski definition) is 1. The third kappa shape index (κ3) is 3.72. The van der Waals surface area contributed by atoms with Gasteiger partial charge < -0.3 is 4.74 Å². The zero-order valence-electron chi connectivity index (χ0n) is 19.1. The van der Waals surface area contributed by atoms with E-state index < -0.39 is 17.7 Å². The Morgan fingerprint density at radius 1 is 1.03 bits per heavy atom. The highest BCUT2D eigenvalue weighted by Gasteiger charge is 2.41. The first-order valence-electron chi connectivity index (χ1n) is 11.0. The van der Waals surface area contributed by atoms with Crippen LogP contribution in [0.25, 0.3) is 11.1 Å². The minimum atomic E-state index is -0.470. The first-order chi connectivity index (χ1) is 16.4. The number of nitrogens with zero attached hydrogens (tertiary/aromatic N) is 1. The van der Waals surface area contributed by atoms with Crippen LogP contribution in [0.5, 0.6) is 5.75 Å². The van der Waals surface area contributed by atoms with Crippen molar-refractivity contribution in [2.75, 3.05) is 11.5 Å². The molecule has 1 aromatic carbocycles. The maximum absolute atomic E-state index is 13.3. The second-order valence-electron chi connectivity index (χ2n) is 7.88. The predicted molar refractivity (Wildman–Crippen MR) is 125 cm³/mol. The molecule has 3 aliphatic rings. The molecule has 0 fully saturated rings. The Kier molecular flexibility index (Phi) is 6.43. The van der Waals surface area contributed by atoms with Gasteiger partial charge in [0.2, 0.25) is 0 Å². The lowest BCUT2D eigenvalue weighted by atomic mass is 10.0. The molecule has 0 aromatic heterocycles. The number of carbonyl (C=O) groups excluding carboxylic acids is 4. The molecule has 1 aliphatic heterocycles. The van der Waals surface area contributed by atoms with Crippen molar-refractivity contribution >= 4 is 29.9 Å².